The number of unbranched alkanes of at least 4 members (excludes halogenated alkanes) is 1. The minimum absolute atomic E-state index is 0. The van der Waals surface area contributed by atoms with Crippen LogP contribution in [0.5, 0.6) is 0 Å². The van der Waals surface area contributed by atoms with Crippen molar-refractivity contribution in [1.29, 1.82) is 0 Å². The van der Waals surface area contributed by atoms with Gasteiger partial charge in [0.25, 0.3) is 0 Å². The van der Waals surface area contributed by atoms with Gasteiger partial charge in [0.15, 0.2) is 0 Å². The molecule has 1 heterocycles. The Morgan fingerprint density at radius 1 is 1.24 bits per heavy atom. The van der Waals surface area contributed by atoms with Gasteiger partial charge in [-0.05, 0) is 36.4 Å². The summed E-state index contributed by atoms with van der Waals surface area (Å²) >= 11 is 0. The minimum atomic E-state index is 0. The molecule has 0 saturated carbocycles. The van der Waals surface area contributed by atoms with E-state index in [9.17, 15) is 0 Å². The molecule has 0 unspecified atom stereocenters. The first-order valence-corrected chi connectivity index (χ1v) is 6.17. The SMILES string of the molecule is CC(C)(C)CCCCNCc1cccnc1.Cl. The Morgan fingerprint density at radius 2 is 2.00 bits per heavy atom. The van der Waals surface area contributed by atoms with Crippen LogP contribution in [0.1, 0.15) is 45.6 Å². The van der Waals surface area contributed by atoms with Crippen LogP contribution in [0.25, 0.3) is 0 Å². The quantitative estimate of drug-likeness (QED) is 0.783. The van der Waals surface area contributed by atoms with E-state index < -0.39 is 0 Å². The van der Waals surface area contributed by atoms with Crippen molar-refractivity contribution in [3.05, 3.63) is 30.1 Å². The maximum absolute atomic E-state index is 4.09. The average Bonchev–Trinajstić information content (AvgIpc) is 2.23. The molecule has 0 aliphatic carbocycles. The summed E-state index contributed by atoms with van der Waals surface area (Å²) < 4.78 is 0. The Labute approximate surface area is 112 Å². The van der Waals surface area contributed by atoms with E-state index in [1.807, 2.05) is 18.5 Å². The minimum Gasteiger partial charge on any atom is -0.313 e. The molecule has 0 atom stereocenters. The maximum atomic E-state index is 4.09. The molecule has 0 fully saturated rings. The highest BCUT2D eigenvalue weighted by atomic mass is 35.5. The van der Waals surface area contributed by atoms with Gasteiger partial charge in [-0.25, -0.2) is 0 Å². The summed E-state index contributed by atoms with van der Waals surface area (Å²) in [5.74, 6) is 0. The van der Waals surface area contributed by atoms with E-state index in [2.05, 4.69) is 37.1 Å². The zero-order chi connectivity index (χ0) is 11.9. The lowest BCUT2D eigenvalue weighted by Crippen LogP contribution is -2.15. The van der Waals surface area contributed by atoms with Crippen molar-refractivity contribution in [2.24, 2.45) is 5.41 Å². The van der Waals surface area contributed by atoms with Gasteiger partial charge in [-0.1, -0.05) is 33.3 Å². The lowest BCUT2D eigenvalue weighted by Gasteiger charge is -2.17. The second-order valence-corrected chi connectivity index (χ2v) is 5.56. The van der Waals surface area contributed by atoms with E-state index in [1.54, 1.807) is 0 Å². The van der Waals surface area contributed by atoms with Gasteiger partial charge in [0.2, 0.25) is 0 Å². The summed E-state index contributed by atoms with van der Waals surface area (Å²) in [6, 6.07) is 4.09. The van der Waals surface area contributed by atoms with Gasteiger partial charge in [-0.2, -0.15) is 0 Å². The predicted octanol–water partition coefficient (Wildman–Crippen LogP) is 3.81. The van der Waals surface area contributed by atoms with E-state index in [1.165, 1.54) is 24.8 Å². The topological polar surface area (TPSA) is 24.9 Å². The smallest absolute Gasteiger partial charge is 0.0312 e. The molecular formula is C14H25ClN2. The Morgan fingerprint density at radius 3 is 2.59 bits per heavy atom. The lowest BCUT2D eigenvalue weighted by atomic mass is 9.90. The number of hydrogen-bond donors (Lipinski definition) is 1. The molecule has 1 aromatic heterocycles. The first-order valence-electron chi connectivity index (χ1n) is 6.17. The molecule has 0 bridgehead atoms. The van der Waals surface area contributed by atoms with Crippen LogP contribution in [-0.2, 0) is 6.54 Å². The van der Waals surface area contributed by atoms with Gasteiger partial charge in [0.05, 0.1) is 0 Å². The van der Waals surface area contributed by atoms with Crippen molar-refractivity contribution in [1.82, 2.24) is 10.3 Å². The predicted molar refractivity (Wildman–Crippen MR) is 76.5 cm³/mol. The average molecular weight is 257 g/mol. The molecule has 0 aliphatic rings. The van der Waals surface area contributed by atoms with Crippen LogP contribution in [0.4, 0.5) is 0 Å². The Balaban J connectivity index is 0.00000256. The highest BCUT2D eigenvalue weighted by Crippen LogP contribution is 2.21. The second kappa shape index (κ2) is 8.48. The fourth-order valence-electron chi connectivity index (χ4n) is 1.64. The van der Waals surface area contributed by atoms with E-state index in [0.29, 0.717) is 5.41 Å². The number of halogens is 1. The molecule has 0 aromatic carbocycles. The molecule has 98 valence electrons. The summed E-state index contributed by atoms with van der Waals surface area (Å²) in [6.07, 6.45) is 7.61. The second-order valence-electron chi connectivity index (χ2n) is 5.56. The van der Waals surface area contributed by atoms with Gasteiger partial charge in [-0.15, -0.1) is 12.4 Å². The Hall–Kier alpha value is -0.600. The molecule has 0 radical (unpaired) electrons. The number of nitrogens with zero attached hydrogens (tertiary/aromatic N) is 1. The molecule has 0 saturated heterocycles. The summed E-state index contributed by atoms with van der Waals surface area (Å²) in [5.41, 5.74) is 1.74. The van der Waals surface area contributed by atoms with Crippen molar-refractivity contribution in [2.75, 3.05) is 6.54 Å². The number of pyridine rings is 1. The third kappa shape index (κ3) is 9.13. The molecular weight excluding hydrogens is 232 g/mol. The molecule has 0 aliphatic heterocycles. The van der Waals surface area contributed by atoms with Gasteiger partial charge in [0, 0.05) is 18.9 Å². The van der Waals surface area contributed by atoms with Crippen LogP contribution >= 0.6 is 12.4 Å². The first kappa shape index (κ1) is 16.4. The Bertz CT molecular complexity index is 280. The highest BCUT2D eigenvalue weighted by Gasteiger charge is 2.08. The number of aromatic nitrogens is 1. The molecule has 2 nitrogen and oxygen atoms in total. The van der Waals surface area contributed by atoms with Crippen LogP contribution in [0.15, 0.2) is 24.5 Å². The Kier molecular flexibility index (Phi) is 8.19. The van der Waals surface area contributed by atoms with Crippen LogP contribution in [0.3, 0.4) is 0 Å². The maximum Gasteiger partial charge on any atom is 0.0312 e. The van der Waals surface area contributed by atoms with Gasteiger partial charge >= 0.3 is 0 Å². The summed E-state index contributed by atoms with van der Waals surface area (Å²) in [4.78, 5) is 4.09. The zero-order valence-electron chi connectivity index (χ0n) is 11.2. The summed E-state index contributed by atoms with van der Waals surface area (Å²) in [6.45, 7) is 8.94. The first-order chi connectivity index (χ1) is 7.58. The third-order valence-electron chi connectivity index (χ3n) is 2.58. The van der Waals surface area contributed by atoms with Gasteiger partial charge in [0.1, 0.15) is 0 Å². The van der Waals surface area contributed by atoms with E-state index in [-0.39, 0.29) is 12.4 Å². The summed E-state index contributed by atoms with van der Waals surface area (Å²) in [5, 5.41) is 3.45. The molecule has 1 N–H and O–H groups in total. The molecule has 1 aromatic rings. The van der Waals surface area contributed by atoms with Crippen LogP contribution in [0, 0.1) is 5.41 Å². The van der Waals surface area contributed by atoms with E-state index >= 15 is 0 Å². The number of nitrogens with one attached hydrogen (secondary N) is 1. The number of hydrogen-bond acceptors (Lipinski definition) is 2. The third-order valence-corrected chi connectivity index (χ3v) is 2.58. The molecule has 3 heteroatoms. The van der Waals surface area contributed by atoms with Crippen molar-refractivity contribution in [2.45, 2.75) is 46.6 Å². The van der Waals surface area contributed by atoms with Crippen molar-refractivity contribution < 1.29 is 0 Å². The molecule has 0 amide bonds. The molecule has 17 heavy (non-hydrogen) atoms. The van der Waals surface area contributed by atoms with Gasteiger partial charge < -0.3 is 5.32 Å². The van der Waals surface area contributed by atoms with E-state index in [4.69, 9.17) is 0 Å². The van der Waals surface area contributed by atoms with Crippen LogP contribution in [-0.4, -0.2) is 11.5 Å². The molecule has 0 spiro atoms. The van der Waals surface area contributed by atoms with Crippen molar-refractivity contribution in [3.8, 4) is 0 Å². The lowest BCUT2D eigenvalue weighted by molar-refractivity contribution is 0.358. The fourth-order valence-corrected chi connectivity index (χ4v) is 1.64. The highest BCUT2D eigenvalue weighted by molar-refractivity contribution is 5.85. The van der Waals surface area contributed by atoms with Crippen LogP contribution in [0.2, 0.25) is 0 Å². The van der Waals surface area contributed by atoms with Gasteiger partial charge in [-0.3, -0.25) is 4.98 Å². The van der Waals surface area contributed by atoms with Crippen molar-refractivity contribution in [3.63, 3.8) is 0 Å². The zero-order valence-corrected chi connectivity index (χ0v) is 12.0. The summed E-state index contributed by atoms with van der Waals surface area (Å²) in [7, 11) is 0. The fraction of sp³-hybridized carbons (Fsp3) is 0.643. The number of rotatable bonds is 6. The molecule has 1 rings (SSSR count). The largest absolute Gasteiger partial charge is 0.313 e. The monoisotopic (exact) mass is 256 g/mol. The van der Waals surface area contributed by atoms with Crippen LogP contribution < -0.4 is 5.32 Å². The van der Waals surface area contributed by atoms with Crippen molar-refractivity contribution >= 4 is 12.4 Å². The normalized spacial score (nSPS) is 11.0. The standard InChI is InChI=1S/C14H24N2.ClH/c1-14(2,3)8-4-5-9-15-11-13-7-6-10-16-12-13;/h6-7,10,12,15H,4-5,8-9,11H2,1-3H3;1H. The van der Waals surface area contributed by atoms with E-state index in [0.717, 1.165) is 13.1 Å².